The fraction of sp³-hybridized carbons (Fsp3) is 0.720. The molecule has 0 bridgehead atoms. The van der Waals surface area contributed by atoms with Gasteiger partial charge in [-0.05, 0) is 69.9 Å². The molecule has 206 valence electrons. The minimum atomic E-state index is -4.56. The number of nitrogens with zero attached hydrogens (tertiary/aromatic N) is 3. The first-order chi connectivity index (χ1) is 17.2. The predicted molar refractivity (Wildman–Crippen MR) is 140 cm³/mol. The number of thioether (sulfide) groups is 1. The van der Waals surface area contributed by atoms with Crippen molar-refractivity contribution in [3.8, 4) is 0 Å². The number of hydrogen-bond donors (Lipinski definition) is 2. The molecule has 1 aromatic rings. The van der Waals surface area contributed by atoms with Gasteiger partial charge < -0.3 is 4.90 Å². The monoisotopic (exact) mass is 561 g/mol. The van der Waals surface area contributed by atoms with E-state index in [1.807, 2.05) is 27.7 Å². The number of rotatable bonds is 4. The van der Waals surface area contributed by atoms with Crippen LogP contribution in [0.25, 0.3) is 0 Å². The lowest BCUT2D eigenvalue weighted by Gasteiger charge is -2.45. The lowest BCUT2D eigenvalue weighted by molar-refractivity contribution is -0.143. The van der Waals surface area contributed by atoms with Gasteiger partial charge in [-0.2, -0.15) is 13.2 Å². The van der Waals surface area contributed by atoms with Gasteiger partial charge in [0.1, 0.15) is 17.8 Å². The van der Waals surface area contributed by atoms with Gasteiger partial charge in [0, 0.05) is 30.6 Å². The Bertz CT molecular complexity index is 1070. The number of aliphatic imine (C=N–C) groups is 1. The zero-order chi connectivity index (χ0) is 27.2. The van der Waals surface area contributed by atoms with Gasteiger partial charge in [-0.15, -0.1) is 11.8 Å². The Morgan fingerprint density at radius 3 is 2.49 bits per heavy atom. The molecule has 37 heavy (non-hydrogen) atoms. The average molecular weight is 562 g/mol. The first-order valence-corrected chi connectivity index (χ1v) is 14.7. The van der Waals surface area contributed by atoms with Gasteiger partial charge in [-0.3, -0.25) is 10.4 Å². The number of halogens is 4. The van der Waals surface area contributed by atoms with Crippen LogP contribution in [0, 0.1) is 16.7 Å². The molecule has 2 fully saturated rings. The number of hydrogen-bond acceptors (Lipinski definition) is 5. The summed E-state index contributed by atoms with van der Waals surface area (Å²) in [5.41, 5.74) is -1.20. The topological polar surface area (TPSA) is 81.4 Å². The maximum Gasteiger partial charge on any atom is 0.434 e. The summed E-state index contributed by atoms with van der Waals surface area (Å²) in [6.07, 6.45) is -1.27. The summed E-state index contributed by atoms with van der Waals surface area (Å²) in [5.74, 6) is 0.734. The number of piperidine rings is 1. The first kappa shape index (κ1) is 28.5. The van der Waals surface area contributed by atoms with Crippen LogP contribution in [0.4, 0.5) is 17.6 Å². The molecular weight excluding hydrogens is 526 g/mol. The number of alkyl halides is 4. The molecule has 3 aliphatic rings. The summed E-state index contributed by atoms with van der Waals surface area (Å²) in [6.45, 7) is 8.86. The van der Waals surface area contributed by atoms with Crippen LogP contribution >= 0.6 is 11.8 Å². The molecule has 2 N–H and O–H groups in total. The lowest BCUT2D eigenvalue weighted by atomic mass is 9.74. The fourth-order valence-corrected chi connectivity index (χ4v) is 7.70. The van der Waals surface area contributed by atoms with Crippen LogP contribution in [0.15, 0.2) is 28.2 Å². The number of likely N-dealkylation sites (tertiary alicyclic amines) is 1. The van der Waals surface area contributed by atoms with E-state index in [-0.39, 0.29) is 22.1 Å². The van der Waals surface area contributed by atoms with Crippen LogP contribution in [0.2, 0.25) is 0 Å². The minimum Gasteiger partial charge on any atom is -0.360 e. The Morgan fingerprint density at radius 1 is 1.22 bits per heavy atom. The molecule has 3 heterocycles. The van der Waals surface area contributed by atoms with Crippen LogP contribution in [0.1, 0.15) is 65.5 Å². The van der Waals surface area contributed by atoms with Crippen molar-refractivity contribution in [2.45, 2.75) is 93.1 Å². The Kier molecular flexibility index (Phi) is 8.13. The Hall–Kier alpha value is -1.53. The summed E-state index contributed by atoms with van der Waals surface area (Å²) in [7, 11) is -1.36. The molecule has 1 spiro atoms. The number of nitrogens with one attached hydrogen (secondary N) is 2. The van der Waals surface area contributed by atoms with E-state index in [4.69, 9.17) is 5.41 Å². The lowest BCUT2D eigenvalue weighted by Crippen LogP contribution is -2.55. The SMILES string of the molecule is CC1CC(N2CCC3(CCC(F)C3NS(=O)C(C)(C)C)CC2)=NC(=N)C1Sc1cccnc1C(F)(F)F. The third kappa shape index (κ3) is 6.06. The smallest absolute Gasteiger partial charge is 0.360 e. The zero-order valence-electron chi connectivity index (χ0n) is 21.6. The largest absolute Gasteiger partial charge is 0.434 e. The van der Waals surface area contributed by atoms with Crippen LogP contribution in [0.5, 0.6) is 0 Å². The van der Waals surface area contributed by atoms with E-state index in [9.17, 15) is 21.8 Å². The van der Waals surface area contributed by atoms with Crippen molar-refractivity contribution < 1.29 is 21.8 Å². The van der Waals surface area contributed by atoms with Crippen molar-refractivity contribution in [2.75, 3.05) is 13.1 Å². The summed E-state index contributed by atoms with van der Waals surface area (Å²) in [6, 6.07) is 2.40. The van der Waals surface area contributed by atoms with E-state index in [0.29, 0.717) is 25.9 Å². The standard InChI is InChI=1S/C25H35F4N5OS2/c1-15-14-18(32-22(30)19(15)36-17-6-5-11-31-21(17)25(27,28)29)34-12-9-24(10-13-34)8-7-16(26)20(24)33-37(35)23(2,3)4/h5-6,11,15-16,19-20,30,33H,7-10,12-14H2,1-4H3. The predicted octanol–water partition coefficient (Wildman–Crippen LogP) is 5.61. The van der Waals surface area contributed by atoms with E-state index in [1.165, 1.54) is 12.1 Å². The Morgan fingerprint density at radius 2 is 1.89 bits per heavy atom. The van der Waals surface area contributed by atoms with Crippen molar-refractivity contribution >= 4 is 34.4 Å². The molecule has 12 heteroatoms. The van der Waals surface area contributed by atoms with E-state index < -0.39 is 45.1 Å². The third-order valence-electron chi connectivity index (χ3n) is 7.69. The van der Waals surface area contributed by atoms with Gasteiger partial charge in [0.15, 0.2) is 5.69 Å². The van der Waals surface area contributed by atoms with Crippen LogP contribution in [-0.2, 0) is 17.2 Å². The number of aromatic nitrogens is 1. The highest BCUT2D eigenvalue weighted by Crippen LogP contribution is 2.48. The van der Waals surface area contributed by atoms with E-state index in [0.717, 1.165) is 43.1 Å². The molecule has 0 aromatic carbocycles. The maximum atomic E-state index is 14.9. The highest BCUT2D eigenvalue weighted by molar-refractivity contribution is 8.00. The summed E-state index contributed by atoms with van der Waals surface area (Å²) < 4.78 is 70.5. The Labute approximate surface area is 222 Å². The van der Waals surface area contributed by atoms with Crippen molar-refractivity contribution in [1.29, 1.82) is 5.41 Å². The second kappa shape index (κ2) is 10.6. The maximum absolute atomic E-state index is 14.9. The van der Waals surface area contributed by atoms with Crippen LogP contribution < -0.4 is 4.72 Å². The second-order valence-corrected chi connectivity index (χ2v) is 14.5. The van der Waals surface area contributed by atoms with E-state index in [1.54, 1.807) is 0 Å². The summed E-state index contributed by atoms with van der Waals surface area (Å²) in [4.78, 5) is 10.2. The first-order valence-electron chi connectivity index (χ1n) is 12.6. The molecule has 5 atom stereocenters. The van der Waals surface area contributed by atoms with Gasteiger partial charge in [-0.25, -0.2) is 18.3 Å². The molecule has 6 nitrogen and oxygen atoms in total. The molecule has 0 radical (unpaired) electrons. The van der Waals surface area contributed by atoms with Crippen molar-refractivity contribution in [3.63, 3.8) is 0 Å². The third-order valence-corrected chi connectivity index (χ3v) is 10.8. The molecule has 1 aliphatic carbocycles. The summed E-state index contributed by atoms with van der Waals surface area (Å²) >= 11 is 0.995. The Balaban J connectivity index is 1.43. The quantitative estimate of drug-likeness (QED) is 0.468. The van der Waals surface area contributed by atoms with Gasteiger partial charge in [-0.1, -0.05) is 6.92 Å². The van der Waals surface area contributed by atoms with Crippen LogP contribution in [-0.4, -0.2) is 61.1 Å². The van der Waals surface area contributed by atoms with Crippen molar-refractivity contribution in [3.05, 3.63) is 24.0 Å². The van der Waals surface area contributed by atoms with E-state index >= 15 is 0 Å². The van der Waals surface area contributed by atoms with Crippen molar-refractivity contribution in [1.82, 2.24) is 14.6 Å². The average Bonchev–Trinajstić information content (AvgIpc) is 3.10. The highest BCUT2D eigenvalue weighted by atomic mass is 32.2. The molecule has 2 aliphatic heterocycles. The molecule has 1 saturated carbocycles. The number of amidine groups is 2. The normalized spacial score (nSPS) is 29.5. The van der Waals surface area contributed by atoms with E-state index in [2.05, 4.69) is 19.6 Å². The minimum absolute atomic E-state index is 0.00311. The van der Waals surface area contributed by atoms with Gasteiger partial charge in [0.25, 0.3) is 0 Å². The van der Waals surface area contributed by atoms with Gasteiger partial charge in [0.2, 0.25) is 0 Å². The molecule has 0 amide bonds. The van der Waals surface area contributed by atoms with Crippen LogP contribution in [0.3, 0.4) is 0 Å². The number of pyridine rings is 1. The van der Waals surface area contributed by atoms with Gasteiger partial charge in [0.05, 0.1) is 27.0 Å². The molecule has 1 saturated heterocycles. The second-order valence-electron chi connectivity index (χ2n) is 11.4. The fourth-order valence-electron chi connectivity index (χ4n) is 5.51. The summed E-state index contributed by atoms with van der Waals surface area (Å²) in [5, 5.41) is 8.02. The van der Waals surface area contributed by atoms with Crippen molar-refractivity contribution in [2.24, 2.45) is 16.3 Å². The molecule has 1 aromatic heterocycles. The zero-order valence-corrected chi connectivity index (χ0v) is 23.2. The molecular formula is C25H35F4N5OS2. The highest BCUT2D eigenvalue weighted by Gasteiger charge is 2.51. The molecule has 5 unspecified atom stereocenters. The molecule has 4 rings (SSSR count). The van der Waals surface area contributed by atoms with Gasteiger partial charge >= 0.3 is 6.18 Å².